The molecule has 2 aromatic rings. The summed E-state index contributed by atoms with van der Waals surface area (Å²) >= 11 is 0. The summed E-state index contributed by atoms with van der Waals surface area (Å²) in [7, 11) is 0. The molecule has 29 heavy (non-hydrogen) atoms. The number of nitrogens with two attached hydrogens (primary N) is 1. The van der Waals surface area contributed by atoms with Gasteiger partial charge in [0.1, 0.15) is 11.8 Å². The summed E-state index contributed by atoms with van der Waals surface area (Å²) in [5.74, 6) is -2.12. The lowest BCUT2D eigenvalue weighted by molar-refractivity contribution is -0.179. The Bertz CT molecular complexity index is 994. The van der Waals surface area contributed by atoms with Crippen molar-refractivity contribution < 1.29 is 18.0 Å². The minimum atomic E-state index is -4.37. The number of pyridine rings is 1. The van der Waals surface area contributed by atoms with Crippen molar-refractivity contribution in [2.24, 2.45) is 16.6 Å². The van der Waals surface area contributed by atoms with Gasteiger partial charge in [-0.2, -0.15) is 18.4 Å². The van der Waals surface area contributed by atoms with E-state index < -0.39 is 23.5 Å². The quantitative estimate of drug-likeness (QED) is 0.817. The van der Waals surface area contributed by atoms with Crippen molar-refractivity contribution in [2.45, 2.75) is 31.5 Å². The number of nitrogens with one attached hydrogen (secondary N) is 1. The number of nitriles is 1. The molecule has 1 aliphatic heterocycles. The van der Waals surface area contributed by atoms with Crippen molar-refractivity contribution in [3.05, 3.63) is 59.4 Å². The van der Waals surface area contributed by atoms with E-state index in [-0.39, 0.29) is 24.4 Å². The predicted molar refractivity (Wildman–Crippen MR) is 101 cm³/mol. The number of carbonyl (C=O) groups is 1. The second kappa shape index (κ2) is 7.54. The molecule has 0 saturated heterocycles. The third kappa shape index (κ3) is 4.54. The molecule has 2 heterocycles. The van der Waals surface area contributed by atoms with Crippen LogP contribution in [0.1, 0.15) is 41.4 Å². The molecule has 0 radical (unpaired) electrons. The zero-order chi connectivity index (χ0) is 21.2. The highest BCUT2D eigenvalue weighted by atomic mass is 19.4. The second-order valence-electron chi connectivity index (χ2n) is 7.10. The summed E-state index contributed by atoms with van der Waals surface area (Å²) in [6, 6.07) is 11.3. The number of rotatable bonds is 3. The Morgan fingerprint density at radius 2 is 2.10 bits per heavy atom. The third-order valence-corrected chi connectivity index (χ3v) is 4.82. The van der Waals surface area contributed by atoms with Crippen LogP contribution in [-0.2, 0) is 5.54 Å². The van der Waals surface area contributed by atoms with E-state index in [9.17, 15) is 18.0 Å². The number of amidine groups is 1. The molecule has 0 spiro atoms. The zero-order valence-corrected chi connectivity index (χ0v) is 15.5. The van der Waals surface area contributed by atoms with Gasteiger partial charge < -0.3 is 11.1 Å². The molecule has 2 unspecified atom stereocenters. The Morgan fingerprint density at radius 3 is 2.72 bits per heavy atom. The van der Waals surface area contributed by atoms with E-state index in [4.69, 9.17) is 11.0 Å². The maximum atomic E-state index is 13.3. The summed E-state index contributed by atoms with van der Waals surface area (Å²) in [4.78, 5) is 20.6. The van der Waals surface area contributed by atoms with Crippen LogP contribution in [-0.4, -0.2) is 22.9 Å². The summed E-state index contributed by atoms with van der Waals surface area (Å²) in [5, 5.41) is 11.4. The molecular formula is C20H18F3N5O. The van der Waals surface area contributed by atoms with Gasteiger partial charge in [0.2, 0.25) is 0 Å². The number of nitrogens with zero attached hydrogens (tertiary/aromatic N) is 3. The van der Waals surface area contributed by atoms with Gasteiger partial charge in [-0.1, -0.05) is 12.1 Å². The van der Waals surface area contributed by atoms with Crippen molar-refractivity contribution in [1.29, 1.82) is 5.26 Å². The highest BCUT2D eigenvalue weighted by Gasteiger charge is 2.47. The Morgan fingerprint density at radius 1 is 1.34 bits per heavy atom. The first-order chi connectivity index (χ1) is 13.6. The average Bonchev–Trinajstić information content (AvgIpc) is 2.67. The maximum Gasteiger partial charge on any atom is 0.392 e. The number of hydrogen-bond donors (Lipinski definition) is 2. The number of amides is 1. The molecule has 9 heteroatoms. The van der Waals surface area contributed by atoms with E-state index in [1.54, 1.807) is 31.2 Å². The smallest absolute Gasteiger partial charge is 0.387 e. The van der Waals surface area contributed by atoms with Crippen LogP contribution < -0.4 is 11.1 Å². The Hall–Kier alpha value is -3.41. The highest BCUT2D eigenvalue weighted by molar-refractivity contribution is 6.02. The first-order valence-corrected chi connectivity index (χ1v) is 8.80. The Labute approximate surface area is 165 Å². The van der Waals surface area contributed by atoms with Gasteiger partial charge in [-0.15, -0.1) is 0 Å². The molecule has 3 rings (SSSR count). The monoisotopic (exact) mass is 401 g/mol. The number of aromatic nitrogens is 1. The first kappa shape index (κ1) is 20.3. The van der Waals surface area contributed by atoms with E-state index in [2.05, 4.69) is 15.3 Å². The first-order valence-electron chi connectivity index (χ1n) is 8.80. The van der Waals surface area contributed by atoms with Crippen molar-refractivity contribution in [2.75, 3.05) is 5.32 Å². The lowest BCUT2D eigenvalue weighted by atomic mass is 9.79. The minimum Gasteiger partial charge on any atom is -0.387 e. The van der Waals surface area contributed by atoms with Crippen LogP contribution in [0, 0.1) is 17.2 Å². The number of benzene rings is 1. The molecule has 1 aromatic heterocycles. The van der Waals surface area contributed by atoms with Crippen LogP contribution >= 0.6 is 0 Å². The van der Waals surface area contributed by atoms with Crippen LogP contribution in [0.3, 0.4) is 0 Å². The minimum absolute atomic E-state index is 0.0442. The van der Waals surface area contributed by atoms with Crippen LogP contribution in [0.15, 0.2) is 47.6 Å². The van der Waals surface area contributed by atoms with E-state index in [0.717, 1.165) is 0 Å². The molecule has 150 valence electrons. The summed E-state index contributed by atoms with van der Waals surface area (Å²) in [5.41, 5.74) is 5.88. The molecular weight excluding hydrogens is 383 g/mol. The van der Waals surface area contributed by atoms with Crippen molar-refractivity contribution in [3.8, 4) is 6.07 Å². The summed E-state index contributed by atoms with van der Waals surface area (Å²) in [6.45, 7) is 1.60. The Balaban J connectivity index is 1.84. The zero-order valence-electron chi connectivity index (χ0n) is 15.5. The number of aliphatic imine (C=N–C) groups is 1. The van der Waals surface area contributed by atoms with Gasteiger partial charge in [0, 0.05) is 18.3 Å². The molecule has 1 aromatic carbocycles. The van der Waals surface area contributed by atoms with E-state index >= 15 is 0 Å². The number of anilines is 1. The number of hydrogen-bond acceptors (Lipinski definition) is 5. The highest BCUT2D eigenvalue weighted by Crippen LogP contribution is 2.44. The number of alkyl halides is 3. The number of carbonyl (C=O) groups excluding carboxylic acids is 1. The van der Waals surface area contributed by atoms with Gasteiger partial charge in [-0.05, 0) is 43.2 Å². The van der Waals surface area contributed by atoms with Crippen LogP contribution in [0.5, 0.6) is 0 Å². The lowest BCUT2D eigenvalue weighted by Crippen LogP contribution is -2.40. The molecule has 2 atom stereocenters. The molecule has 1 aliphatic rings. The fourth-order valence-electron chi connectivity index (χ4n) is 3.35. The van der Waals surface area contributed by atoms with Crippen molar-refractivity contribution in [1.82, 2.24) is 4.98 Å². The van der Waals surface area contributed by atoms with Gasteiger partial charge in [-0.25, -0.2) is 4.98 Å². The maximum absolute atomic E-state index is 13.3. The van der Waals surface area contributed by atoms with Crippen LogP contribution in [0.4, 0.5) is 18.9 Å². The fraction of sp³-hybridized carbons (Fsp3) is 0.300. The van der Waals surface area contributed by atoms with E-state index in [0.29, 0.717) is 16.8 Å². The lowest BCUT2D eigenvalue weighted by Gasteiger charge is -2.36. The van der Waals surface area contributed by atoms with Gasteiger partial charge in [-0.3, -0.25) is 9.79 Å². The van der Waals surface area contributed by atoms with E-state index in [1.807, 2.05) is 6.07 Å². The molecule has 0 saturated carbocycles. The topological polar surface area (TPSA) is 104 Å². The van der Waals surface area contributed by atoms with Gasteiger partial charge in [0.25, 0.3) is 5.91 Å². The Kier molecular flexibility index (Phi) is 5.29. The van der Waals surface area contributed by atoms with Crippen molar-refractivity contribution in [3.63, 3.8) is 0 Å². The molecule has 6 nitrogen and oxygen atoms in total. The normalized spacial score (nSPS) is 21.8. The van der Waals surface area contributed by atoms with Gasteiger partial charge in [0.15, 0.2) is 0 Å². The molecule has 0 aliphatic carbocycles. The summed E-state index contributed by atoms with van der Waals surface area (Å²) < 4.78 is 39.8. The average molecular weight is 401 g/mol. The SMILES string of the molecule is CC1(c2cccc(NC(=O)c3ccc(C#N)cn3)c2)CC(C(F)(F)F)CC(N)=N1. The third-order valence-electron chi connectivity index (χ3n) is 4.82. The predicted octanol–water partition coefficient (Wildman–Crippen LogP) is 3.75. The van der Waals surface area contributed by atoms with E-state index in [1.165, 1.54) is 18.3 Å². The van der Waals surface area contributed by atoms with Crippen LogP contribution in [0.2, 0.25) is 0 Å². The molecule has 1 amide bonds. The fourth-order valence-corrected chi connectivity index (χ4v) is 3.35. The van der Waals surface area contributed by atoms with Gasteiger partial charge in [0.05, 0.1) is 22.9 Å². The van der Waals surface area contributed by atoms with Gasteiger partial charge >= 0.3 is 6.18 Å². The number of halogens is 3. The molecule has 0 fully saturated rings. The molecule has 3 N–H and O–H groups in total. The standard InChI is InChI=1S/C20H18F3N5O/c1-19(9-14(20(21,22)23)8-17(25)28-19)13-3-2-4-15(7-13)27-18(29)16-6-5-12(10-24)11-26-16/h2-7,11,14H,8-9H2,1H3,(H2,25,28)(H,27,29). The van der Waals surface area contributed by atoms with Crippen molar-refractivity contribution >= 4 is 17.4 Å². The molecule has 0 bridgehead atoms. The summed E-state index contributed by atoms with van der Waals surface area (Å²) in [6.07, 6.45) is -3.64. The largest absolute Gasteiger partial charge is 0.392 e. The van der Waals surface area contributed by atoms with Crippen LogP contribution in [0.25, 0.3) is 0 Å². The second-order valence-corrected chi connectivity index (χ2v) is 7.10.